The van der Waals surface area contributed by atoms with Crippen LogP contribution in [0.15, 0.2) is 47.4 Å². The molecule has 1 aliphatic rings. The molecule has 1 heterocycles. The molecular formula is C25H30F2N2O6S. The van der Waals surface area contributed by atoms with E-state index in [4.69, 9.17) is 9.47 Å². The van der Waals surface area contributed by atoms with Crippen LogP contribution in [-0.4, -0.2) is 76.7 Å². The lowest BCUT2D eigenvalue weighted by atomic mass is 10.0. The summed E-state index contributed by atoms with van der Waals surface area (Å²) in [6.07, 6.45) is -0.674. The van der Waals surface area contributed by atoms with Crippen molar-refractivity contribution in [2.75, 3.05) is 46.5 Å². The van der Waals surface area contributed by atoms with E-state index in [1.807, 2.05) is 0 Å². The molecule has 0 saturated carbocycles. The van der Waals surface area contributed by atoms with Crippen LogP contribution in [-0.2, 0) is 24.1 Å². The van der Waals surface area contributed by atoms with Crippen LogP contribution >= 0.6 is 0 Å². The van der Waals surface area contributed by atoms with Crippen molar-refractivity contribution in [3.8, 4) is 0 Å². The van der Waals surface area contributed by atoms with Gasteiger partial charge >= 0.3 is 6.09 Å². The quantitative estimate of drug-likeness (QED) is 0.526. The number of rotatable bonds is 8. The Labute approximate surface area is 209 Å². The lowest BCUT2D eigenvalue weighted by Crippen LogP contribution is -2.51. The second-order valence-corrected chi connectivity index (χ2v) is 10.9. The van der Waals surface area contributed by atoms with Gasteiger partial charge in [-0.1, -0.05) is 24.6 Å². The number of halogens is 2. The van der Waals surface area contributed by atoms with E-state index in [2.05, 4.69) is 0 Å². The number of ether oxygens (including phenoxy) is 2. The van der Waals surface area contributed by atoms with Crippen molar-refractivity contribution in [2.45, 2.75) is 24.0 Å². The summed E-state index contributed by atoms with van der Waals surface area (Å²) in [4.78, 5) is 27.5. The molecule has 3 rings (SSSR count). The Kier molecular flexibility index (Phi) is 9.02. The standard InChI is InChI=1S/C25H30F2N2O6S/c1-17-4-7-20(8-5-17)36(32,33)24(21-14-19(26)6-9-22(21)27)18(2)15-35-25(31)29-12-10-28(11-13-29)23(30)16-34-3/h4-9,14,18,24H,10-13,15-16H2,1-3H3/t18-,24+/m1/s1. The highest BCUT2D eigenvalue weighted by Crippen LogP contribution is 2.37. The molecule has 8 nitrogen and oxygen atoms in total. The van der Waals surface area contributed by atoms with E-state index in [1.165, 1.54) is 31.1 Å². The second-order valence-electron chi connectivity index (χ2n) is 8.80. The maximum Gasteiger partial charge on any atom is 0.409 e. The minimum absolute atomic E-state index is 0.0446. The van der Waals surface area contributed by atoms with Gasteiger partial charge < -0.3 is 19.3 Å². The molecule has 2 aromatic carbocycles. The van der Waals surface area contributed by atoms with Crippen LogP contribution in [0.25, 0.3) is 0 Å². The lowest BCUT2D eigenvalue weighted by molar-refractivity contribution is -0.136. The lowest BCUT2D eigenvalue weighted by Gasteiger charge is -2.34. The van der Waals surface area contributed by atoms with E-state index in [-0.39, 0.29) is 42.7 Å². The first-order valence-corrected chi connectivity index (χ1v) is 13.0. The number of benzene rings is 2. The Hall–Kier alpha value is -3.05. The molecular weight excluding hydrogens is 494 g/mol. The Morgan fingerprint density at radius 3 is 2.22 bits per heavy atom. The molecule has 0 bridgehead atoms. The van der Waals surface area contributed by atoms with Gasteiger partial charge in [0.25, 0.3) is 0 Å². The number of hydrogen-bond donors (Lipinski definition) is 0. The van der Waals surface area contributed by atoms with Gasteiger partial charge in [0.1, 0.15) is 18.2 Å². The molecule has 196 valence electrons. The fraction of sp³-hybridized carbons (Fsp3) is 0.440. The molecule has 1 fully saturated rings. The number of hydrogen-bond acceptors (Lipinski definition) is 6. The first-order chi connectivity index (χ1) is 17.0. The Bertz CT molecular complexity index is 1180. The van der Waals surface area contributed by atoms with Crippen molar-refractivity contribution >= 4 is 21.8 Å². The molecule has 2 aromatic rings. The molecule has 0 unspecified atom stereocenters. The molecule has 0 N–H and O–H groups in total. The number of carbonyl (C=O) groups excluding carboxylic acids is 2. The highest BCUT2D eigenvalue weighted by atomic mass is 32.2. The van der Waals surface area contributed by atoms with Gasteiger partial charge in [-0.05, 0) is 37.3 Å². The zero-order valence-corrected chi connectivity index (χ0v) is 21.3. The first-order valence-electron chi connectivity index (χ1n) is 11.5. The van der Waals surface area contributed by atoms with E-state index in [0.29, 0.717) is 13.1 Å². The predicted octanol–water partition coefficient (Wildman–Crippen LogP) is 3.35. The number of amides is 2. The summed E-state index contributed by atoms with van der Waals surface area (Å²) in [5, 5.41) is -1.49. The summed E-state index contributed by atoms with van der Waals surface area (Å²) < 4.78 is 66.1. The fourth-order valence-corrected chi connectivity index (χ4v) is 6.14. The average Bonchev–Trinajstić information content (AvgIpc) is 2.85. The molecule has 0 aromatic heterocycles. The van der Waals surface area contributed by atoms with Gasteiger partial charge in [-0.2, -0.15) is 0 Å². The molecule has 36 heavy (non-hydrogen) atoms. The number of sulfone groups is 1. The maximum atomic E-state index is 14.7. The number of nitrogens with zero attached hydrogens (tertiary/aromatic N) is 2. The minimum Gasteiger partial charge on any atom is -0.449 e. The number of aryl methyl sites for hydroxylation is 1. The molecule has 11 heteroatoms. The van der Waals surface area contributed by atoms with Crippen molar-refractivity contribution < 1.29 is 36.3 Å². The van der Waals surface area contributed by atoms with Crippen LogP contribution in [0, 0.1) is 24.5 Å². The van der Waals surface area contributed by atoms with Gasteiger partial charge in [-0.25, -0.2) is 22.0 Å². The summed E-state index contributed by atoms with van der Waals surface area (Å²) in [6, 6.07) is 8.72. The highest BCUT2D eigenvalue weighted by molar-refractivity contribution is 7.91. The zero-order valence-electron chi connectivity index (χ0n) is 20.4. The van der Waals surface area contributed by atoms with Crippen molar-refractivity contribution in [1.29, 1.82) is 0 Å². The van der Waals surface area contributed by atoms with Gasteiger partial charge in [0.15, 0.2) is 9.84 Å². The predicted molar refractivity (Wildman–Crippen MR) is 128 cm³/mol. The van der Waals surface area contributed by atoms with Crippen molar-refractivity contribution in [3.63, 3.8) is 0 Å². The van der Waals surface area contributed by atoms with Crippen molar-refractivity contribution in [3.05, 3.63) is 65.2 Å². The van der Waals surface area contributed by atoms with Gasteiger partial charge in [0.05, 0.1) is 16.8 Å². The van der Waals surface area contributed by atoms with Gasteiger partial charge in [0.2, 0.25) is 5.91 Å². The van der Waals surface area contributed by atoms with E-state index in [1.54, 1.807) is 24.0 Å². The zero-order chi connectivity index (χ0) is 26.5. The van der Waals surface area contributed by atoms with Crippen LogP contribution < -0.4 is 0 Å². The summed E-state index contributed by atoms with van der Waals surface area (Å²) in [6.45, 7) is 4.03. The normalized spacial score (nSPS) is 15.9. The van der Waals surface area contributed by atoms with E-state index in [0.717, 1.165) is 23.8 Å². The van der Waals surface area contributed by atoms with E-state index in [9.17, 15) is 26.8 Å². The largest absolute Gasteiger partial charge is 0.449 e. The summed E-state index contributed by atoms with van der Waals surface area (Å²) in [5.74, 6) is -2.73. The monoisotopic (exact) mass is 524 g/mol. The smallest absolute Gasteiger partial charge is 0.409 e. The van der Waals surface area contributed by atoms with Crippen LogP contribution in [0.4, 0.5) is 13.6 Å². The number of piperazine rings is 1. The molecule has 0 aliphatic carbocycles. The first kappa shape index (κ1) is 27.5. The van der Waals surface area contributed by atoms with Crippen LogP contribution in [0.2, 0.25) is 0 Å². The maximum absolute atomic E-state index is 14.7. The minimum atomic E-state index is -4.17. The fourth-order valence-electron chi connectivity index (χ4n) is 4.12. The molecule has 1 aliphatic heterocycles. The summed E-state index contributed by atoms with van der Waals surface area (Å²) in [7, 11) is -2.75. The number of methoxy groups -OCH3 is 1. The van der Waals surface area contributed by atoms with Crippen LogP contribution in [0.3, 0.4) is 0 Å². The summed E-state index contributed by atoms with van der Waals surface area (Å²) in [5.41, 5.74) is 0.512. The van der Waals surface area contributed by atoms with Gasteiger partial charge in [0, 0.05) is 44.8 Å². The Morgan fingerprint density at radius 2 is 1.61 bits per heavy atom. The molecule has 0 spiro atoms. The molecule has 0 radical (unpaired) electrons. The summed E-state index contributed by atoms with van der Waals surface area (Å²) >= 11 is 0. The highest BCUT2D eigenvalue weighted by Gasteiger charge is 2.37. The molecule has 2 amide bonds. The molecule has 1 saturated heterocycles. The van der Waals surface area contributed by atoms with E-state index < -0.39 is 38.7 Å². The SMILES string of the molecule is COCC(=O)N1CCN(C(=O)OC[C@@H](C)[C@@H](c2cc(F)ccc2F)S(=O)(=O)c2ccc(C)cc2)CC1. The third-order valence-electron chi connectivity index (χ3n) is 6.09. The van der Waals surface area contributed by atoms with Crippen LogP contribution in [0.1, 0.15) is 23.3 Å². The number of carbonyl (C=O) groups is 2. The third-order valence-corrected chi connectivity index (χ3v) is 8.41. The van der Waals surface area contributed by atoms with Gasteiger partial charge in [-0.15, -0.1) is 0 Å². The van der Waals surface area contributed by atoms with Gasteiger partial charge in [-0.3, -0.25) is 4.79 Å². The van der Waals surface area contributed by atoms with Crippen molar-refractivity contribution in [1.82, 2.24) is 9.80 Å². The van der Waals surface area contributed by atoms with E-state index >= 15 is 0 Å². The topological polar surface area (TPSA) is 93.2 Å². The van der Waals surface area contributed by atoms with Crippen LogP contribution in [0.5, 0.6) is 0 Å². The Morgan fingerprint density at radius 1 is 1.00 bits per heavy atom. The average molecular weight is 525 g/mol. The third kappa shape index (κ3) is 6.38. The Balaban J connectivity index is 1.76. The second kappa shape index (κ2) is 11.8. The van der Waals surface area contributed by atoms with Crippen molar-refractivity contribution in [2.24, 2.45) is 5.92 Å². The molecule has 2 atom stereocenters.